The molecule has 0 saturated heterocycles. The first-order valence-corrected chi connectivity index (χ1v) is 6.44. The van der Waals surface area contributed by atoms with Gasteiger partial charge in [0.25, 0.3) is 0 Å². The molecule has 17 heavy (non-hydrogen) atoms. The van der Waals surface area contributed by atoms with Crippen LogP contribution < -0.4 is 5.32 Å². The maximum Gasteiger partial charge on any atom is 0.225 e. The van der Waals surface area contributed by atoms with Crippen LogP contribution in [0.5, 0.6) is 0 Å². The molecule has 0 unspecified atom stereocenters. The van der Waals surface area contributed by atoms with Crippen molar-refractivity contribution in [1.82, 2.24) is 9.78 Å². The molecule has 5 heteroatoms. The molecule has 0 aliphatic heterocycles. The molecule has 0 aromatic carbocycles. The summed E-state index contributed by atoms with van der Waals surface area (Å²) in [6.45, 7) is 0. The number of hydrogen-bond donors (Lipinski definition) is 1. The molecule has 0 saturated carbocycles. The van der Waals surface area contributed by atoms with Gasteiger partial charge in [-0.15, -0.1) is 11.3 Å². The molecule has 90 valence electrons. The summed E-state index contributed by atoms with van der Waals surface area (Å²) in [5.41, 5.74) is 0. The predicted octanol–water partition coefficient (Wildman–Crippen LogP) is 2.44. The highest BCUT2D eigenvalue weighted by atomic mass is 32.1. The Morgan fingerprint density at radius 2 is 2.41 bits per heavy atom. The van der Waals surface area contributed by atoms with E-state index in [4.69, 9.17) is 0 Å². The van der Waals surface area contributed by atoms with Gasteiger partial charge in [-0.1, -0.05) is 6.07 Å². The van der Waals surface area contributed by atoms with Crippen LogP contribution in [0.1, 0.15) is 17.7 Å². The number of aryl methyl sites for hydroxylation is 2. The summed E-state index contributed by atoms with van der Waals surface area (Å²) >= 11 is 1.73. The van der Waals surface area contributed by atoms with Crippen LogP contribution in [0, 0.1) is 0 Å². The van der Waals surface area contributed by atoms with Gasteiger partial charge in [0, 0.05) is 30.6 Å². The second-order valence-corrected chi connectivity index (χ2v) is 4.89. The second kappa shape index (κ2) is 5.63. The van der Waals surface area contributed by atoms with E-state index >= 15 is 0 Å². The normalized spacial score (nSPS) is 10.4. The topological polar surface area (TPSA) is 46.9 Å². The minimum absolute atomic E-state index is 0.0280. The lowest BCUT2D eigenvalue weighted by Gasteiger charge is -2.01. The van der Waals surface area contributed by atoms with E-state index in [-0.39, 0.29) is 5.91 Å². The van der Waals surface area contributed by atoms with Crippen molar-refractivity contribution >= 4 is 23.1 Å². The summed E-state index contributed by atoms with van der Waals surface area (Å²) in [6.07, 6.45) is 4.18. The van der Waals surface area contributed by atoms with E-state index in [0.29, 0.717) is 12.2 Å². The van der Waals surface area contributed by atoms with Crippen LogP contribution in [0.15, 0.2) is 29.8 Å². The van der Waals surface area contributed by atoms with Crippen molar-refractivity contribution in [1.29, 1.82) is 0 Å². The Labute approximate surface area is 104 Å². The number of rotatable bonds is 5. The molecule has 2 aromatic rings. The molecule has 0 aliphatic rings. The molecular formula is C12H15N3OS. The minimum Gasteiger partial charge on any atom is -0.309 e. The van der Waals surface area contributed by atoms with Gasteiger partial charge in [0.2, 0.25) is 5.91 Å². The smallest absolute Gasteiger partial charge is 0.225 e. The first-order chi connectivity index (χ1) is 8.24. The van der Waals surface area contributed by atoms with Crippen LogP contribution in [-0.4, -0.2) is 15.7 Å². The number of carbonyl (C=O) groups is 1. The van der Waals surface area contributed by atoms with E-state index in [0.717, 1.165) is 12.8 Å². The lowest BCUT2D eigenvalue weighted by Crippen LogP contribution is -2.12. The van der Waals surface area contributed by atoms with Crippen molar-refractivity contribution in [3.05, 3.63) is 34.7 Å². The summed E-state index contributed by atoms with van der Waals surface area (Å²) in [4.78, 5) is 12.9. The number of anilines is 1. The summed E-state index contributed by atoms with van der Waals surface area (Å²) < 4.78 is 1.67. The SMILES string of the molecule is Cn1ccc(NC(=O)CCCc2cccs2)n1. The Kier molecular flexibility index (Phi) is 3.93. The minimum atomic E-state index is 0.0280. The summed E-state index contributed by atoms with van der Waals surface area (Å²) in [5, 5.41) is 8.93. The van der Waals surface area contributed by atoms with Crippen LogP contribution in [0.25, 0.3) is 0 Å². The number of thiophene rings is 1. The summed E-state index contributed by atoms with van der Waals surface area (Å²) in [6, 6.07) is 5.92. The number of carbonyl (C=O) groups excluding carboxylic acids is 1. The van der Waals surface area contributed by atoms with Crippen molar-refractivity contribution < 1.29 is 4.79 Å². The highest BCUT2D eigenvalue weighted by molar-refractivity contribution is 7.09. The maximum absolute atomic E-state index is 11.6. The third-order valence-electron chi connectivity index (χ3n) is 2.39. The monoisotopic (exact) mass is 249 g/mol. The Bertz CT molecular complexity index is 476. The second-order valence-electron chi connectivity index (χ2n) is 3.86. The van der Waals surface area contributed by atoms with Gasteiger partial charge < -0.3 is 5.32 Å². The van der Waals surface area contributed by atoms with E-state index in [9.17, 15) is 4.79 Å². The Morgan fingerprint density at radius 1 is 1.53 bits per heavy atom. The van der Waals surface area contributed by atoms with Crippen molar-refractivity contribution in [2.75, 3.05) is 5.32 Å². The van der Waals surface area contributed by atoms with E-state index in [1.807, 2.05) is 13.1 Å². The number of nitrogens with one attached hydrogen (secondary N) is 1. The van der Waals surface area contributed by atoms with Gasteiger partial charge in [-0.25, -0.2) is 0 Å². The average molecular weight is 249 g/mol. The van der Waals surface area contributed by atoms with Crippen LogP contribution in [-0.2, 0) is 18.3 Å². The average Bonchev–Trinajstić information content (AvgIpc) is 2.90. The number of hydrogen-bond acceptors (Lipinski definition) is 3. The molecule has 2 rings (SSSR count). The zero-order valence-corrected chi connectivity index (χ0v) is 10.5. The third-order valence-corrected chi connectivity index (χ3v) is 3.32. The maximum atomic E-state index is 11.6. The van der Waals surface area contributed by atoms with E-state index in [1.165, 1.54) is 4.88 Å². The van der Waals surface area contributed by atoms with E-state index < -0.39 is 0 Å². The molecule has 0 aliphatic carbocycles. The van der Waals surface area contributed by atoms with Crippen LogP contribution in [0.4, 0.5) is 5.82 Å². The molecule has 0 spiro atoms. The van der Waals surface area contributed by atoms with Crippen molar-refractivity contribution in [2.45, 2.75) is 19.3 Å². The van der Waals surface area contributed by atoms with E-state index in [2.05, 4.69) is 21.9 Å². The number of aromatic nitrogens is 2. The largest absolute Gasteiger partial charge is 0.309 e. The van der Waals surface area contributed by atoms with Crippen molar-refractivity contribution in [3.8, 4) is 0 Å². The van der Waals surface area contributed by atoms with E-state index in [1.54, 1.807) is 28.3 Å². The molecule has 0 atom stereocenters. The molecule has 1 amide bonds. The van der Waals surface area contributed by atoms with Gasteiger partial charge in [-0.05, 0) is 24.3 Å². The quantitative estimate of drug-likeness (QED) is 0.884. The molecule has 2 heterocycles. The van der Waals surface area contributed by atoms with Gasteiger partial charge in [-0.2, -0.15) is 5.10 Å². The highest BCUT2D eigenvalue weighted by Crippen LogP contribution is 2.12. The Balaban J connectivity index is 1.71. The zero-order chi connectivity index (χ0) is 12.1. The highest BCUT2D eigenvalue weighted by Gasteiger charge is 2.04. The summed E-state index contributed by atoms with van der Waals surface area (Å²) in [5.74, 6) is 0.647. The fraction of sp³-hybridized carbons (Fsp3) is 0.333. The molecule has 0 bridgehead atoms. The lowest BCUT2D eigenvalue weighted by atomic mass is 10.2. The van der Waals surface area contributed by atoms with Gasteiger partial charge in [0.05, 0.1) is 0 Å². The zero-order valence-electron chi connectivity index (χ0n) is 9.72. The van der Waals surface area contributed by atoms with Crippen molar-refractivity contribution in [3.63, 3.8) is 0 Å². The van der Waals surface area contributed by atoms with Crippen LogP contribution in [0.3, 0.4) is 0 Å². The molecule has 2 aromatic heterocycles. The Morgan fingerprint density at radius 3 is 3.06 bits per heavy atom. The van der Waals surface area contributed by atoms with Crippen LogP contribution >= 0.6 is 11.3 Å². The fourth-order valence-electron chi connectivity index (χ4n) is 1.57. The van der Waals surface area contributed by atoms with Gasteiger partial charge in [0.1, 0.15) is 0 Å². The van der Waals surface area contributed by atoms with Gasteiger partial charge in [0.15, 0.2) is 5.82 Å². The molecule has 0 fully saturated rings. The number of amides is 1. The molecular weight excluding hydrogens is 234 g/mol. The van der Waals surface area contributed by atoms with Crippen LogP contribution in [0.2, 0.25) is 0 Å². The van der Waals surface area contributed by atoms with Gasteiger partial charge in [-0.3, -0.25) is 9.48 Å². The predicted molar refractivity (Wildman–Crippen MR) is 69.1 cm³/mol. The fourth-order valence-corrected chi connectivity index (χ4v) is 2.32. The first kappa shape index (κ1) is 11.9. The van der Waals surface area contributed by atoms with Gasteiger partial charge >= 0.3 is 0 Å². The standard InChI is InChI=1S/C12H15N3OS/c1-15-8-7-11(14-15)13-12(16)6-2-4-10-5-3-9-17-10/h3,5,7-9H,2,4,6H2,1H3,(H,13,14,16). The molecule has 1 N–H and O–H groups in total. The first-order valence-electron chi connectivity index (χ1n) is 5.56. The number of nitrogens with zero attached hydrogens (tertiary/aromatic N) is 2. The summed E-state index contributed by atoms with van der Waals surface area (Å²) in [7, 11) is 1.83. The third kappa shape index (κ3) is 3.71. The molecule has 4 nitrogen and oxygen atoms in total. The van der Waals surface area contributed by atoms with Crippen molar-refractivity contribution in [2.24, 2.45) is 7.05 Å². The Hall–Kier alpha value is -1.62. The molecule has 0 radical (unpaired) electrons. The lowest BCUT2D eigenvalue weighted by molar-refractivity contribution is -0.116.